The lowest BCUT2D eigenvalue weighted by Crippen LogP contribution is -2.18. The maximum absolute atomic E-state index is 13.2. The first-order valence-electron chi connectivity index (χ1n) is 9.50. The van der Waals surface area contributed by atoms with Gasteiger partial charge in [0.15, 0.2) is 5.65 Å². The van der Waals surface area contributed by atoms with Crippen molar-refractivity contribution in [2.45, 2.75) is 31.6 Å². The molecule has 4 aromatic rings. The van der Waals surface area contributed by atoms with Gasteiger partial charge in [-0.3, -0.25) is 4.79 Å². The van der Waals surface area contributed by atoms with Crippen LogP contribution in [0.1, 0.15) is 23.6 Å². The first kappa shape index (κ1) is 21.1. The number of benzene rings is 2. The standard InChI is InChI=1S/C21H18F3N5OS/c1-3-12-5-7-15-13(9-12)18-19(26-15)27-20(29-28-18)31-10-17(30)25-16-8-11(2)4-6-14(16)21(22,23)24/h4-9H,3,10H2,1-2H3,(H,25,30)(H,26,27,29). The number of anilines is 1. The number of fused-ring (bicyclic) bond motifs is 3. The topological polar surface area (TPSA) is 83.6 Å². The van der Waals surface area contributed by atoms with Gasteiger partial charge in [-0.05, 0) is 48.7 Å². The SMILES string of the molecule is CCc1ccc2[nH]c3nc(SCC(=O)Nc4cc(C)ccc4C(F)(F)F)nnc3c2c1. The summed E-state index contributed by atoms with van der Waals surface area (Å²) in [6.45, 7) is 3.72. The minimum atomic E-state index is -4.56. The molecule has 0 fully saturated rings. The predicted octanol–water partition coefficient (Wildman–Crippen LogP) is 5.13. The number of H-pyrrole nitrogens is 1. The third-order valence-corrected chi connectivity index (χ3v) is 5.59. The van der Waals surface area contributed by atoms with Crippen molar-refractivity contribution in [1.29, 1.82) is 0 Å². The molecule has 0 radical (unpaired) electrons. The van der Waals surface area contributed by atoms with Gasteiger partial charge in [0.2, 0.25) is 11.1 Å². The number of amides is 1. The van der Waals surface area contributed by atoms with E-state index in [-0.39, 0.29) is 16.6 Å². The maximum Gasteiger partial charge on any atom is 0.418 e. The number of nitrogens with one attached hydrogen (secondary N) is 2. The van der Waals surface area contributed by atoms with Gasteiger partial charge >= 0.3 is 6.18 Å². The second kappa shape index (κ2) is 8.18. The number of aryl methyl sites for hydroxylation is 2. The second-order valence-corrected chi connectivity index (χ2v) is 7.98. The second-order valence-electron chi connectivity index (χ2n) is 7.03. The lowest BCUT2D eigenvalue weighted by molar-refractivity contribution is -0.137. The summed E-state index contributed by atoms with van der Waals surface area (Å²) < 4.78 is 39.5. The van der Waals surface area contributed by atoms with Crippen LogP contribution >= 0.6 is 11.8 Å². The van der Waals surface area contributed by atoms with Crippen LogP contribution in [0.2, 0.25) is 0 Å². The molecule has 2 heterocycles. The summed E-state index contributed by atoms with van der Waals surface area (Å²) in [4.78, 5) is 19.8. The monoisotopic (exact) mass is 445 g/mol. The van der Waals surface area contributed by atoms with Gasteiger partial charge in [-0.25, -0.2) is 4.98 Å². The minimum absolute atomic E-state index is 0.154. The fourth-order valence-corrected chi connectivity index (χ4v) is 3.80. The molecule has 4 rings (SSSR count). The fourth-order valence-electron chi connectivity index (χ4n) is 3.21. The first-order chi connectivity index (χ1) is 14.7. The molecule has 0 saturated carbocycles. The van der Waals surface area contributed by atoms with E-state index in [4.69, 9.17) is 0 Å². The Morgan fingerprint density at radius 2 is 1.97 bits per heavy atom. The molecular weight excluding hydrogens is 427 g/mol. The van der Waals surface area contributed by atoms with Crippen molar-refractivity contribution in [3.8, 4) is 0 Å². The minimum Gasteiger partial charge on any atom is -0.338 e. The number of aromatic nitrogens is 4. The number of halogens is 3. The number of hydrogen-bond donors (Lipinski definition) is 2. The molecule has 2 aromatic heterocycles. The number of carbonyl (C=O) groups is 1. The van der Waals surface area contributed by atoms with Gasteiger partial charge in [-0.15, -0.1) is 10.2 Å². The number of hydrogen-bond acceptors (Lipinski definition) is 5. The van der Waals surface area contributed by atoms with Crippen LogP contribution in [0.5, 0.6) is 0 Å². The highest BCUT2D eigenvalue weighted by Gasteiger charge is 2.33. The molecule has 0 aliphatic rings. The summed E-state index contributed by atoms with van der Waals surface area (Å²) >= 11 is 1.000. The molecule has 1 amide bonds. The quantitative estimate of drug-likeness (QED) is 0.416. The molecule has 2 aromatic carbocycles. The van der Waals surface area contributed by atoms with E-state index in [9.17, 15) is 18.0 Å². The van der Waals surface area contributed by atoms with Gasteiger partial charge in [0.1, 0.15) is 5.52 Å². The van der Waals surface area contributed by atoms with Crippen LogP contribution in [-0.2, 0) is 17.4 Å². The Morgan fingerprint density at radius 1 is 1.16 bits per heavy atom. The molecule has 10 heteroatoms. The van der Waals surface area contributed by atoms with Gasteiger partial charge in [-0.2, -0.15) is 13.2 Å². The van der Waals surface area contributed by atoms with Gasteiger partial charge in [-0.1, -0.05) is 30.8 Å². The summed E-state index contributed by atoms with van der Waals surface area (Å²) in [7, 11) is 0. The highest BCUT2D eigenvalue weighted by Crippen LogP contribution is 2.35. The van der Waals surface area contributed by atoms with Gasteiger partial charge < -0.3 is 10.3 Å². The summed E-state index contributed by atoms with van der Waals surface area (Å²) in [5.41, 5.74) is 2.68. The Kier molecular flexibility index (Phi) is 5.57. The summed E-state index contributed by atoms with van der Waals surface area (Å²) in [6, 6.07) is 9.61. The van der Waals surface area contributed by atoms with Crippen molar-refractivity contribution in [2.75, 3.05) is 11.1 Å². The Morgan fingerprint density at radius 3 is 2.71 bits per heavy atom. The van der Waals surface area contributed by atoms with E-state index in [1.165, 1.54) is 17.7 Å². The number of aromatic amines is 1. The van der Waals surface area contributed by atoms with Crippen molar-refractivity contribution in [3.05, 3.63) is 53.1 Å². The lowest BCUT2D eigenvalue weighted by Gasteiger charge is -2.14. The van der Waals surface area contributed by atoms with Crippen LogP contribution in [-0.4, -0.2) is 31.8 Å². The van der Waals surface area contributed by atoms with Crippen LogP contribution in [0.3, 0.4) is 0 Å². The van der Waals surface area contributed by atoms with E-state index in [1.54, 1.807) is 6.92 Å². The number of nitrogens with zero attached hydrogens (tertiary/aromatic N) is 3. The maximum atomic E-state index is 13.2. The zero-order valence-corrected chi connectivity index (χ0v) is 17.5. The third-order valence-electron chi connectivity index (χ3n) is 4.75. The normalized spacial score (nSPS) is 11.9. The smallest absolute Gasteiger partial charge is 0.338 e. The van der Waals surface area contributed by atoms with Crippen LogP contribution < -0.4 is 5.32 Å². The molecule has 2 N–H and O–H groups in total. The van der Waals surface area contributed by atoms with Crippen molar-refractivity contribution in [1.82, 2.24) is 20.2 Å². The summed E-state index contributed by atoms with van der Waals surface area (Å²) in [5, 5.41) is 11.8. The highest BCUT2D eigenvalue weighted by atomic mass is 32.2. The molecule has 0 atom stereocenters. The summed E-state index contributed by atoms with van der Waals surface area (Å²) in [6.07, 6.45) is -3.67. The molecule has 0 spiro atoms. The van der Waals surface area contributed by atoms with Crippen LogP contribution in [0, 0.1) is 6.92 Å². The molecule has 6 nitrogen and oxygen atoms in total. The van der Waals surface area contributed by atoms with Crippen molar-refractivity contribution in [3.63, 3.8) is 0 Å². The number of carbonyl (C=O) groups excluding carboxylic acids is 1. The van der Waals surface area contributed by atoms with Crippen molar-refractivity contribution >= 4 is 45.4 Å². The van der Waals surface area contributed by atoms with E-state index in [0.717, 1.165) is 35.2 Å². The first-order valence-corrected chi connectivity index (χ1v) is 10.5. The van der Waals surface area contributed by atoms with E-state index >= 15 is 0 Å². The van der Waals surface area contributed by atoms with E-state index in [0.29, 0.717) is 16.7 Å². The molecule has 0 aliphatic carbocycles. The van der Waals surface area contributed by atoms with Crippen molar-refractivity contribution < 1.29 is 18.0 Å². The molecule has 0 aliphatic heterocycles. The van der Waals surface area contributed by atoms with Gasteiger partial charge in [0, 0.05) is 10.9 Å². The Balaban J connectivity index is 1.50. The largest absolute Gasteiger partial charge is 0.418 e. The Labute approximate surface area is 179 Å². The Hall–Kier alpha value is -3.14. The van der Waals surface area contributed by atoms with E-state index < -0.39 is 17.6 Å². The molecule has 0 saturated heterocycles. The molecule has 0 bridgehead atoms. The third kappa shape index (κ3) is 4.48. The number of rotatable bonds is 5. The van der Waals surface area contributed by atoms with Crippen LogP contribution in [0.15, 0.2) is 41.6 Å². The fraction of sp³-hybridized carbons (Fsp3) is 0.238. The average molecular weight is 445 g/mol. The predicted molar refractivity (Wildman–Crippen MR) is 114 cm³/mol. The Bertz CT molecular complexity index is 1290. The van der Waals surface area contributed by atoms with E-state index in [2.05, 4.69) is 32.4 Å². The van der Waals surface area contributed by atoms with Crippen LogP contribution in [0.25, 0.3) is 22.1 Å². The van der Waals surface area contributed by atoms with Crippen LogP contribution in [0.4, 0.5) is 18.9 Å². The van der Waals surface area contributed by atoms with Gasteiger partial charge in [0.05, 0.1) is 17.0 Å². The zero-order valence-electron chi connectivity index (χ0n) is 16.7. The molecular formula is C21H18F3N5OS. The number of thioether (sulfide) groups is 1. The number of alkyl halides is 3. The highest BCUT2D eigenvalue weighted by molar-refractivity contribution is 7.99. The van der Waals surface area contributed by atoms with E-state index in [1.807, 2.05) is 18.2 Å². The zero-order chi connectivity index (χ0) is 22.2. The van der Waals surface area contributed by atoms with Crippen molar-refractivity contribution in [2.24, 2.45) is 0 Å². The lowest BCUT2D eigenvalue weighted by atomic mass is 10.1. The molecule has 160 valence electrons. The summed E-state index contributed by atoms with van der Waals surface area (Å²) in [5.74, 6) is -0.743. The molecule has 31 heavy (non-hydrogen) atoms. The molecule has 0 unspecified atom stereocenters. The average Bonchev–Trinajstić information content (AvgIpc) is 3.08. The van der Waals surface area contributed by atoms with Gasteiger partial charge in [0.25, 0.3) is 0 Å².